The lowest BCUT2D eigenvalue weighted by molar-refractivity contribution is -0.134. The van der Waals surface area contributed by atoms with E-state index in [9.17, 15) is 4.79 Å². The maximum absolute atomic E-state index is 12.6. The number of nitrogens with zero attached hydrogens (tertiary/aromatic N) is 2. The second-order valence-electron chi connectivity index (χ2n) is 7.39. The smallest absolute Gasteiger partial charge is 0.236 e. The van der Waals surface area contributed by atoms with Gasteiger partial charge in [0.05, 0.1) is 6.54 Å². The summed E-state index contributed by atoms with van der Waals surface area (Å²) in [5.41, 5.74) is 0. The first-order valence-electron chi connectivity index (χ1n) is 8.57. The summed E-state index contributed by atoms with van der Waals surface area (Å²) in [5, 5.41) is 3.26. The van der Waals surface area contributed by atoms with E-state index in [1.54, 1.807) is 0 Å². The second-order valence-corrected chi connectivity index (χ2v) is 7.39. The van der Waals surface area contributed by atoms with E-state index >= 15 is 0 Å². The maximum atomic E-state index is 12.6. The Balaban J connectivity index is 0.00000441. The molecule has 1 N–H and O–H groups in total. The van der Waals surface area contributed by atoms with Crippen LogP contribution < -0.4 is 5.32 Å². The molecule has 5 heteroatoms. The van der Waals surface area contributed by atoms with Gasteiger partial charge in [-0.1, -0.05) is 27.7 Å². The number of hydrogen-bond acceptors (Lipinski definition) is 3. The Morgan fingerprint density at radius 1 is 1.23 bits per heavy atom. The van der Waals surface area contributed by atoms with Gasteiger partial charge in [0.1, 0.15) is 0 Å². The van der Waals surface area contributed by atoms with E-state index < -0.39 is 0 Å². The van der Waals surface area contributed by atoms with Crippen molar-refractivity contribution in [2.24, 2.45) is 17.8 Å². The first-order valence-corrected chi connectivity index (χ1v) is 8.57. The van der Waals surface area contributed by atoms with Crippen LogP contribution in [0.3, 0.4) is 0 Å². The molecule has 1 aliphatic heterocycles. The van der Waals surface area contributed by atoms with Crippen LogP contribution in [-0.2, 0) is 4.79 Å². The van der Waals surface area contributed by atoms with Crippen LogP contribution in [-0.4, -0.2) is 62.0 Å². The van der Waals surface area contributed by atoms with Crippen LogP contribution in [0.1, 0.15) is 40.5 Å². The highest BCUT2D eigenvalue weighted by molar-refractivity contribution is 5.85. The quantitative estimate of drug-likeness (QED) is 0.741. The van der Waals surface area contributed by atoms with Gasteiger partial charge in [0.2, 0.25) is 5.91 Å². The molecule has 4 nitrogen and oxygen atoms in total. The third-order valence-electron chi connectivity index (χ3n) is 3.98. The fourth-order valence-corrected chi connectivity index (χ4v) is 3.20. The van der Waals surface area contributed by atoms with Crippen LogP contribution in [0, 0.1) is 17.8 Å². The number of carbonyl (C=O) groups is 1. The summed E-state index contributed by atoms with van der Waals surface area (Å²) in [6, 6.07) is 0. The minimum atomic E-state index is 0. The zero-order valence-electron chi connectivity index (χ0n) is 15.1. The average molecular weight is 334 g/mol. The predicted molar refractivity (Wildman–Crippen MR) is 96.6 cm³/mol. The molecular weight excluding hydrogens is 298 g/mol. The Labute approximate surface area is 143 Å². The molecule has 22 heavy (non-hydrogen) atoms. The fraction of sp³-hybridized carbons (Fsp3) is 0.941. The normalized spacial score (nSPS) is 19.3. The molecule has 0 spiro atoms. The number of amides is 1. The first kappa shape index (κ1) is 21.7. The zero-order valence-corrected chi connectivity index (χ0v) is 15.9. The van der Waals surface area contributed by atoms with Crippen molar-refractivity contribution in [3.63, 3.8) is 0 Å². The molecule has 1 atom stereocenters. The van der Waals surface area contributed by atoms with Gasteiger partial charge in [-0.3, -0.25) is 9.69 Å². The van der Waals surface area contributed by atoms with E-state index in [-0.39, 0.29) is 12.4 Å². The lowest BCUT2D eigenvalue weighted by atomic mass is 9.98. The highest BCUT2D eigenvalue weighted by atomic mass is 35.5. The Morgan fingerprint density at radius 2 is 1.82 bits per heavy atom. The molecule has 0 aromatic heterocycles. The molecule has 0 aliphatic carbocycles. The van der Waals surface area contributed by atoms with E-state index in [0.717, 1.165) is 32.7 Å². The van der Waals surface area contributed by atoms with Gasteiger partial charge in [-0.05, 0) is 50.7 Å². The minimum absolute atomic E-state index is 0. The van der Waals surface area contributed by atoms with Crippen molar-refractivity contribution in [2.75, 3.05) is 46.3 Å². The molecule has 132 valence electrons. The van der Waals surface area contributed by atoms with Crippen LogP contribution in [0.2, 0.25) is 0 Å². The Bertz CT molecular complexity index is 298. The summed E-state index contributed by atoms with van der Waals surface area (Å²) in [5.74, 6) is 2.07. The van der Waals surface area contributed by atoms with Crippen molar-refractivity contribution >= 4 is 18.3 Å². The van der Waals surface area contributed by atoms with E-state index in [1.807, 2.05) is 7.05 Å². The fourth-order valence-electron chi connectivity index (χ4n) is 3.20. The molecule has 1 rings (SSSR count). The SMILES string of the molecule is CNCC1CCCN(CC(=O)N(CC(C)C)CC(C)C)C1.Cl. The third-order valence-corrected chi connectivity index (χ3v) is 3.98. The Hall–Kier alpha value is -0.320. The lowest BCUT2D eigenvalue weighted by Gasteiger charge is -2.34. The topological polar surface area (TPSA) is 35.6 Å². The van der Waals surface area contributed by atoms with Gasteiger partial charge >= 0.3 is 0 Å². The molecule has 1 fully saturated rings. The van der Waals surface area contributed by atoms with Crippen LogP contribution in [0.4, 0.5) is 0 Å². The van der Waals surface area contributed by atoms with Crippen molar-refractivity contribution in [1.29, 1.82) is 0 Å². The van der Waals surface area contributed by atoms with Crippen LogP contribution >= 0.6 is 12.4 Å². The molecule has 1 aliphatic rings. The van der Waals surface area contributed by atoms with E-state index in [4.69, 9.17) is 0 Å². The average Bonchev–Trinajstić information content (AvgIpc) is 2.37. The standard InChI is InChI=1S/C17H35N3O.ClH/c1-14(2)10-20(11-15(3)4)17(21)13-19-8-6-7-16(12-19)9-18-5;/h14-16,18H,6-13H2,1-5H3;1H. The predicted octanol–water partition coefficient (Wildman–Crippen LogP) is 2.48. The number of rotatable bonds is 8. The van der Waals surface area contributed by atoms with Gasteiger partial charge in [0, 0.05) is 19.6 Å². The molecule has 0 radical (unpaired) electrons. The van der Waals surface area contributed by atoms with Gasteiger partial charge in [-0.25, -0.2) is 0 Å². The number of hydrogen-bond donors (Lipinski definition) is 1. The molecule has 1 saturated heterocycles. The molecule has 1 amide bonds. The largest absolute Gasteiger partial charge is 0.341 e. The Morgan fingerprint density at radius 3 is 2.32 bits per heavy atom. The van der Waals surface area contributed by atoms with E-state index in [2.05, 4.69) is 42.8 Å². The van der Waals surface area contributed by atoms with Crippen molar-refractivity contribution in [3.8, 4) is 0 Å². The molecule has 1 unspecified atom stereocenters. The molecular formula is C17H36ClN3O. The van der Waals surface area contributed by atoms with Crippen LogP contribution in [0.15, 0.2) is 0 Å². The number of nitrogens with one attached hydrogen (secondary N) is 1. The summed E-state index contributed by atoms with van der Waals surface area (Å²) in [4.78, 5) is 17.0. The van der Waals surface area contributed by atoms with Gasteiger partial charge in [-0.15, -0.1) is 12.4 Å². The minimum Gasteiger partial charge on any atom is -0.341 e. The summed E-state index contributed by atoms with van der Waals surface area (Å²) < 4.78 is 0. The molecule has 1 heterocycles. The lowest BCUT2D eigenvalue weighted by Crippen LogP contribution is -2.47. The summed E-state index contributed by atoms with van der Waals surface area (Å²) in [7, 11) is 2.01. The second kappa shape index (κ2) is 11.3. The van der Waals surface area contributed by atoms with Gasteiger partial charge in [0.25, 0.3) is 0 Å². The van der Waals surface area contributed by atoms with E-state index in [1.165, 1.54) is 12.8 Å². The van der Waals surface area contributed by atoms with Crippen molar-refractivity contribution in [3.05, 3.63) is 0 Å². The number of piperidine rings is 1. The van der Waals surface area contributed by atoms with Crippen LogP contribution in [0.25, 0.3) is 0 Å². The Kier molecular flexibility index (Phi) is 11.1. The number of carbonyl (C=O) groups excluding carboxylic acids is 1. The maximum Gasteiger partial charge on any atom is 0.236 e. The van der Waals surface area contributed by atoms with Gasteiger partial charge < -0.3 is 10.2 Å². The highest BCUT2D eigenvalue weighted by Crippen LogP contribution is 2.16. The monoisotopic (exact) mass is 333 g/mol. The van der Waals surface area contributed by atoms with E-state index in [0.29, 0.717) is 30.2 Å². The zero-order chi connectivity index (χ0) is 15.8. The summed E-state index contributed by atoms with van der Waals surface area (Å²) >= 11 is 0. The van der Waals surface area contributed by atoms with Crippen LogP contribution in [0.5, 0.6) is 0 Å². The van der Waals surface area contributed by atoms with Crippen molar-refractivity contribution in [1.82, 2.24) is 15.1 Å². The summed E-state index contributed by atoms with van der Waals surface area (Å²) in [6.07, 6.45) is 2.50. The number of likely N-dealkylation sites (tertiary alicyclic amines) is 1. The van der Waals surface area contributed by atoms with Crippen molar-refractivity contribution < 1.29 is 4.79 Å². The molecule has 0 aromatic rings. The number of halogens is 1. The first-order chi connectivity index (χ1) is 9.92. The molecule has 0 aromatic carbocycles. The highest BCUT2D eigenvalue weighted by Gasteiger charge is 2.24. The van der Waals surface area contributed by atoms with Gasteiger partial charge in [0.15, 0.2) is 0 Å². The van der Waals surface area contributed by atoms with Crippen molar-refractivity contribution in [2.45, 2.75) is 40.5 Å². The molecule has 0 saturated carbocycles. The third kappa shape index (κ3) is 8.35. The summed E-state index contributed by atoms with van der Waals surface area (Å²) in [6.45, 7) is 14.3. The van der Waals surface area contributed by atoms with Gasteiger partial charge in [-0.2, -0.15) is 0 Å². The molecule has 0 bridgehead atoms.